The van der Waals surface area contributed by atoms with Gasteiger partial charge in [0.1, 0.15) is 0 Å². The predicted molar refractivity (Wildman–Crippen MR) is 94.3 cm³/mol. The van der Waals surface area contributed by atoms with E-state index in [1.807, 2.05) is 6.08 Å². The predicted octanol–water partition coefficient (Wildman–Crippen LogP) is 6.01. The normalized spacial score (nSPS) is 12.0. The van der Waals surface area contributed by atoms with Crippen LogP contribution in [0.15, 0.2) is 12.3 Å². The maximum atomic E-state index is 11.1. The van der Waals surface area contributed by atoms with Gasteiger partial charge in [0, 0.05) is 19.3 Å². The van der Waals surface area contributed by atoms with E-state index in [2.05, 4.69) is 25.7 Å². The molecule has 0 aliphatic heterocycles. The molecular formula is C20H34O2. The number of hydrogen-bond donors (Lipinski definition) is 0. The van der Waals surface area contributed by atoms with Gasteiger partial charge in [-0.25, -0.2) is 0 Å². The molecule has 0 heterocycles. The molecule has 0 radical (unpaired) electrons. The number of hydrogen-bond acceptors (Lipinski definition) is 2. The van der Waals surface area contributed by atoms with E-state index >= 15 is 0 Å². The van der Waals surface area contributed by atoms with Crippen LogP contribution in [-0.4, -0.2) is 5.97 Å². The molecule has 0 saturated heterocycles. The Labute approximate surface area is 137 Å². The van der Waals surface area contributed by atoms with Crippen LogP contribution in [0.4, 0.5) is 0 Å². The number of carbonyl (C=O) groups is 1. The molecular weight excluding hydrogens is 272 g/mol. The Bertz CT molecular complexity index is 346. The Balaban J connectivity index is 3.98. The van der Waals surface area contributed by atoms with Gasteiger partial charge in [0.25, 0.3) is 0 Å². The molecule has 0 N–H and O–H groups in total. The van der Waals surface area contributed by atoms with Crippen molar-refractivity contribution in [2.24, 2.45) is 5.92 Å². The highest BCUT2D eigenvalue weighted by Gasteiger charge is 2.04. The number of ether oxygens (including phenoxy) is 1. The maximum Gasteiger partial charge on any atom is 0.310 e. The molecule has 1 atom stereocenters. The fourth-order valence-electron chi connectivity index (χ4n) is 2.19. The van der Waals surface area contributed by atoms with Gasteiger partial charge in [-0.1, -0.05) is 52.9 Å². The lowest BCUT2D eigenvalue weighted by Crippen LogP contribution is -1.99. The zero-order valence-corrected chi connectivity index (χ0v) is 14.8. The highest BCUT2D eigenvalue weighted by molar-refractivity contribution is 5.69. The lowest BCUT2D eigenvalue weighted by atomic mass is 9.97. The monoisotopic (exact) mass is 306 g/mol. The molecule has 0 fully saturated rings. The quantitative estimate of drug-likeness (QED) is 0.191. The number of allylic oxidation sites excluding steroid dienone is 1. The van der Waals surface area contributed by atoms with Gasteiger partial charge in [0.15, 0.2) is 0 Å². The summed E-state index contributed by atoms with van der Waals surface area (Å²) in [6.07, 6.45) is 15.7. The van der Waals surface area contributed by atoms with Gasteiger partial charge in [0.2, 0.25) is 0 Å². The Kier molecular flexibility index (Phi) is 15.2. The molecule has 0 rings (SSSR count). The van der Waals surface area contributed by atoms with Crippen LogP contribution in [0.25, 0.3) is 0 Å². The number of unbranched alkanes of at least 4 members (excludes halogenated alkanes) is 5. The highest BCUT2D eigenvalue weighted by atomic mass is 16.5. The molecule has 0 aromatic rings. The Morgan fingerprint density at radius 2 is 1.68 bits per heavy atom. The molecule has 1 unspecified atom stereocenters. The first kappa shape index (κ1) is 20.8. The van der Waals surface area contributed by atoms with Crippen molar-refractivity contribution in [3.05, 3.63) is 12.3 Å². The number of carbonyl (C=O) groups excluding carboxylic acids is 1. The molecule has 0 amide bonds. The standard InChI is InChI=1S/C20H34O2/c1-4-7-9-10-11-12-13-14-16-19(15-8-5-2)17-18-22-20(21)6-3/h17-19H,4-11,14-16H2,1-3H3. The summed E-state index contributed by atoms with van der Waals surface area (Å²) in [6.45, 7) is 6.24. The van der Waals surface area contributed by atoms with E-state index < -0.39 is 0 Å². The van der Waals surface area contributed by atoms with Crippen LogP contribution in [0.1, 0.15) is 91.4 Å². The third-order valence-electron chi connectivity index (χ3n) is 3.69. The minimum Gasteiger partial charge on any atom is -0.435 e. The average Bonchev–Trinajstić information content (AvgIpc) is 2.54. The van der Waals surface area contributed by atoms with E-state index in [1.165, 1.54) is 38.5 Å². The summed E-state index contributed by atoms with van der Waals surface area (Å²) in [7, 11) is 0. The van der Waals surface area contributed by atoms with Gasteiger partial charge in [-0.05, 0) is 31.3 Å². The fourth-order valence-corrected chi connectivity index (χ4v) is 2.19. The van der Waals surface area contributed by atoms with Gasteiger partial charge < -0.3 is 4.74 Å². The molecule has 2 nitrogen and oxygen atoms in total. The van der Waals surface area contributed by atoms with Crippen molar-refractivity contribution in [2.75, 3.05) is 0 Å². The second kappa shape index (κ2) is 16.1. The number of rotatable bonds is 12. The Morgan fingerprint density at radius 1 is 0.955 bits per heavy atom. The smallest absolute Gasteiger partial charge is 0.310 e. The lowest BCUT2D eigenvalue weighted by Gasteiger charge is -2.09. The van der Waals surface area contributed by atoms with E-state index in [-0.39, 0.29) is 5.97 Å². The van der Waals surface area contributed by atoms with Crippen LogP contribution in [0.3, 0.4) is 0 Å². The molecule has 0 aliphatic carbocycles. The van der Waals surface area contributed by atoms with Crippen LogP contribution in [0, 0.1) is 17.8 Å². The van der Waals surface area contributed by atoms with Crippen molar-refractivity contribution in [3.8, 4) is 11.8 Å². The van der Waals surface area contributed by atoms with Gasteiger partial charge in [-0.2, -0.15) is 0 Å². The summed E-state index contributed by atoms with van der Waals surface area (Å²) in [5.41, 5.74) is 0. The number of esters is 1. The maximum absolute atomic E-state index is 11.1. The van der Waals surface area contributed by atoms with Crippen LogP contribution in [0.2, 0.25) is 0 Å². The summed E-state index contributed by atoms with van der Waals surface area (Å²) in [6, 6.07) is 0. The third kappa shape index (κ3) is 13.7. The fraction of sp³-hybridized carbons (Fsp3) is 0.750. The van der Waals surface area contributed by atoms with Crippen LogP contribution in [0.5, 0.6) is 0 Å². The SMILES string of the molecule is CCCCCCC#CCCC(C=COC(=O)CC)CCCC. The topological polar surface area (TPSA) is 26.3 Å². The first-order chi connectivity index (χ1) is 10.7. The first-order valence-electron chi connectivity index (χ1n) is 9.06. The average molecular weight is 306 g/mol. The molecule has 2 heteroatoms. The van der Waals surface area contributed by atoms with Crippen LogP contribution in [-0.2, 0) is 9.53 Å². The zero-order valence-electron chi connectivity index (χ0n) is 14.8. The minimum absolute atomic E-state index is 0.169. The zero-order chi connectivity index (χ0) is 16.5. The van der Waals surface area contributed by atoms with E-state index in [1.54, 1.807) is 13.2 Å². The molecule has 126 valence electrons. The van der Waals surface area contributed by atoms with Crippen molar-refractivity contribution >= 4 is 5.97 Å². The summed E-state index contributed by atoms with van der Waals surface area (Å²) in [5.74, 6) is 6.87. The molecule has 22 heavy (non-hydrogen) atoms. The lowest BCUT2D eigenvalue weighted by molar-refractivity contribution is -0.137. The Hall–Kier alpha value is -1.23. The largest absolute Gasteiger partial charge is 0.435 e. The van der Waals surface area contributed by atoms with Crippen LogP contribution >= 0.6 is 0 Å². The first-order valence-corrected chi connectivity index (χ1v) is 9.06. The minimum atomic E-state index is -0.169. The van der Waals surface area contributed by atoms with Crippen molar-refractivity contribution in [3.63, 3.8) is 0 Å². The van der Waals surface area contributed by atoms with Crippen molar-refractivity contribution in [1.82, 2.24) is 0 Å². The third-order valence-corrected chi connectivity index (χ3v) is 3.69. The van der Waals surface area contributed by atoms with Crippen molar-refractivity contribution in [1.29, 1.82) is 0 Å². The van der Waals surface area contributed by atoms with Gasteiger partial charge in [-0.3, -0.25) is 4.79 Å². The van der Waals surface area contributed by atoms with Gasteiger partial charge >= 0.3 is 5.97 Å². The second-order valence-electron chi connectivity index (χ2n) is 5.78. The van der Waals surface area contributed by atoms with Gasteiger partial charge in [0.05, 0.1) is 6.26 Å². The van der Waals surface area contributed by atoms with E-state index in [0.29, 0.717) is 12.3 Å². The molecule has 0 bridgehead atoms. The van der Waals surface area contributed by atoms with Crippen molar-refractivity contribution in [2.45, 2.75) is 91.4 Å². The molecule has 0 saturated carbocycles. The van der Waals surface area contributed by atoms with E-state index in [9.17, 15) is 4.79 Å². The molecule has 0 aromatic heterocycles. The second-order valence-corrected chi connectivity index (χ2v) is 5.78. The summed E-state index contributed by atoms with van der Waals surface area (Å²) < 4.78 is 5.03. The van der Waals surface area contributed by atoms with Gasteiger partial charge in [-0.15, -0.1) is 11.8 Å². The van der Waals surface area contributed by atoms with E-state index in [0.717, 1.165) is 25.7 Å². The van der Waals surface area contributed by atoms with Crippen LogP contribution < -0.4 is 0 Å². The summed E-state index contributed by atoms with van der Waals surface area (Å²) >= 11 is 0. The van der Waals surface area contributed by atoms with Crippen molar-refractivity contribution < 1.29 is 9.53 Å². The summed E-state index contributed by atoms with van der Waals surface area (Å²) in [4.78, 5) is 11.1. The molecule has 0 aromatic carbocycles. The molecule has 0 spiro atoms. The Morgan fingerprint density at radius 3 is 2.36 bits per heavy atom. The highest BCUT2D eigenvalue weighted by Crippen LogP contribution is 2.16. The van der Waals surface area contributed by atoms with E-state index in [4.69, 9.17) is 4.74 Å². The summed E-state index contributed by atoms with van der Waals surface area (Å²) in [5, 5.41) is 0. The molecule has 0 aliphatic rings.